The molecule has 0 unspecified atom stereocenters. The minimum atomic E-state index is -0.504. The molecule has 2 aromatic carbocycles. The zero-order valence-electron chi connectivity index (χ0n) is 14.8. The van der Waals surface area contributed by atoms with Crippen LogP contribution in [0.25, 0.3) is 10.8 Å². The van der Waals surface area contributed by atoms with Crippen LogP contribution in [-0.4, -0.2) is 40.1 Å². The van der Waals surface area contributed by atoms with Gasteiger partial charge in [0.15, 0.2) is 5.69 Å². The van der Waals surface area contributed by atoms with Gasteiger partial charge in [-0.05, 0) is 24.3 Å². The molecular weight excluding hydrogens is 351 g/mol. The van der Waals surface area contributed by atoms with Crippen LogP contribution in [0.2, 0.25) is 0 Å². The number of likely N-dealkylation sites (N-methyl/N-ethyl adjacent to an activating group) is 1. The number of benzene rings is 2. The molecule has 3 aromatic rings. The van der Waals surface area contributed by atoms with E-state index in [1.807, 2.05) is 0 Å². The SMILES string of the molecule is CN(CC(=O)Nc1cccc(F)c1)C(=O)c1nn(C)c(=O)c2ccccc12. The van der Waals surface area contributed by atoms with Crippen LogP contribution < -0.4 is 10.9 Å². The van der Waals surface area contributed by atoms with E-state index in [1.54, 1.807) is 30.3 Å². The molecule has 0 aliphatic rings. The van der Waals surface area contributed by atoms with Crippen LogP contribution in [0.1, 0.15) is 10.5 Å². The molecule has 8 heteroatoms. The Hall–Kier alpha value is -3.55. The average Bonchev–Trinajstić information content (AvgIpc) is 2.64. The summed E-state index contributed by atoms with van der Waals surface area (Å²) >= 11 is 0. The van der Waals surface area contributed by atoms with E-state index in [-0.39, 0.29) is 17.8 Å². The van der Waals surface area contributed by atoms with Crippen LogP contribution in [0, 0.1) is 5.82 Å². The second kappa shape index (κ2) is 7.36. The molecule has 0 radical (unpaired) electrons. The number of rotatable bonds is 4. The first kappa shape index (κ1) is 18.2. The van der Waals surface area contributed by atoms with Crippen molar-refractivity contribution in [2.75, 3.05) is 18.9 Å². The number of carbonyl (C=O) groups excluding carboxylic acids is 2. The lowest BCUT2D eigenvalue weighted by molar-refractivity contribution is -0.116. The van der Waals surface area contributed by atoms with E-state index in [0.717, 1.165) is 4.68 Å². The Balaban J connectivity index is 1.82. The van der Waals surface area contributed by atoms with Gasteiger partial charge in [-0.1, -0.05) is 24.3 Å². The number of aromatic nitrogens is 2. The van der Waals surface area contributed by atoms with Gasteiger partial charge < -0.3 is 10.2 Å². The van der Waals surface area contributed by atoms with Crippen LogP contribution in [0.3, 0.4) is 0 Å². The molecule has 3 rings (SSSR count). The number of halogens is 1. The molecule has 0 bridgehead atoms. The minimum absolute atomic E-state index is 0.0776. The third-order valence-electron chi connectivity index (χ3n) is 3.99. The molecule has 2 amide bonds. The van der Waals surface area contributed by atoms with Crippen molar-refractivity contribution in [2.45, 2.75) is 0 Å². The van der Waals surface area contributed by atoms with E-state index in [0.29, 0.717) is 16.5 Å². The van der Waals surface area contributed by atoms with Crippen molar-refractivity contribution in [2.24, 2.45) is 7.05 Å². The first-order valence-corrected chi connectivity index (χ1v) is 8.14. The number of amides is 2. The van der Waals surface area contributed by atoms with Crippen molar-refractivity contribution < 1.29 is 14.0 Å². The number of hydrogen-bond donors (Lipinski definition) is 1. The highest BCUT2D eigenvalue weighted by atomic mass is 19.1. The Labute approximate surface area is 154 Å². The predicted molar refractivity (Wildman–Crippen MR) is 99.0 cm³/mol. The maximum Gasteiger partial charge on any atom is 0.275 e. The zero-order valence-corrected chi connectivity index (χ0v) is 14.8. The molecule has 138 valence electrons. The van der Waals surface area contributed by atoms with E-state index >= 15 is 0 Å². The van der Waals surface area contributed by atoms with Crippen LogP contribution in [-0.2, 0) is 11.8 Å². The molecule has 0 aliphatic heterocycles. The summed E-state index contributed by atoms with van der Waals surface area (Å²) in [6, 6.07) is 12.1. The quantitative estimate of drug-likeness (QED) is 0.761. The van der Waals surface area contributed by atoms with Gasteiger partial charge in [0.25, 0.3) is 11.5 Å². The van der Waals surface area contributed by atoms with Gasteiger partial charge >= 0.3 is 0 Å². The second-order valence-corrected chi connectivity index (χ2v) is 6.04. The summed E-state index contributed by atoms with van der Waals surface area (Å²) < 4.78 is 14.3. The number of fused-ring (bicyclic) bond motifs is 1. The van der Waals surface area contributed by atoms with Crippen molar-refractivity contribution >= 4 is 28.3 Å². The maximum absolute atomic E-state index is 13.2. The Bertz CT molecular complexity index is 1090. The second-order valence-electron chi connectivity index (χ2n) is 6.04. The van der Waals surface area contributed by atoms with E-state index in [4.69, 9.17) is 0 Å². The normalized spacial score (nSPS) is 10.6. The molecule has 0 fully saturated rings. The molecule has 0 atom stereocenters. The number of aryl methyl sites for hydroxylation is 1. The summed E-state index contributed by atoms with van der Waals surface area (Å²) in [6.07, 6.45) is 0. The molecule has 1 aromatic heterocycles. The monoisotopic (exact) mass is 368 g/mol. The first-order chi connectivity index (χ1) is 12.9. The fourth-order valence-corrected chi connectivity index (χ4v) is 2.69. The van der Waals surface area contributed by atoms with Crippen LogP contribution in [0.5, 0.6) is 0 Å². The Kier molecular flexibility index (Phi) is 4.98. The highest BCUT2D eigenvalue weighted by molar-refractivity contribution is 6.06. The van der Waals surface area contributed by atoms with Gasteiger partial charge in [0, 0.05) is 25.2 Å². The van der Waals surface area contributed by atoms with Gasteiger partial charge in [-0.25, -0.2) is 9.07 Å². The third kappa shape index (κ3) is 3.84. The fraction of sp³-hybridized carbons (Fsp3) is 0.158. The molecule has 27 heavy (non-hydrogen) atoms. The minimum Gasteiger partial charge on any atom is -0.331 e. The van der Waals surface area contributed by atoms with Gasteiger partial charge in [0.05, 0.1) is 11.9 Å². The van der Waals surface area contributed by atoms with E-state index in [9.17, 15) is 18.8 Å². The molecule has 0 spiro atoms. The standard InChI is InChI=1S/C19H17FN4O3/c1-23(11-16(25)21-13-7-5-6-12(20)10-13)19(27)17-14-8-3-4-9-15(14)18(26)24(2)22-17/h3-10H,11H2,1-2H3,(H,21,25). The summed E-state index contributed by atoms with van der Waals surface area (Å²) in [4.78, 5) is 38.3. The number of nitrogens with zero attached hydrogens (tertiary/aromatic N) is 3. The topological polar surface area (TPSA) is 84.3 Å². The molecule has 7 nitrogen and oxygen atoms in total. The van der Waals surface area contributed by atoms with Gasteiger partial charge in [-0.15, -0.1) is 0 Å². The van der Waals surface area contributed by atoms with Crippen molar-refractivity contribution in [3.8, 4) is 0 Å². The molecule has 1 N–H and O–H groups in total. The van der Waals surface area contributed by atoms with Gasteiger partial charge in [-0.3, -0.25) is 14.4 Å². The van der Waals surface area contributed by atoms with Crippen molar-refractivity contribution in [3.63, 3.8) is 0 Å². The Morgan fingerprint density at radius 3 is 2.56 bits per heavy atom. The van der Waals surface area contributed by atoms with Crippen molar-refractivity contribution in [1.82, 2.24) is 14.7 Å². The van der Waals surface area contributed by atoms with Crippen molar-refractivity contribution in [3.05, 3.63) is 70.4 Å². The lowest BCUT2D eigenvalue weighted by Gasteiger charge is -2.17. The largest absolute Gasteiger partial charge is 0.331 e. The average molecular weight is 368 g/mol. The van der Waals surface area contributed by atoms with Crippen LogP contribution in [0.4, 0.5) is 10.1 Å². The summed E-state index contributed by atoms with van der Waals surface area (Å²) in [5, 5.41) is 7.38. The lowest BCUT2D eigenvalue weighted by Crippen LogP contribution is -2.36. The van der Waals surface area contributed by atoms with E-state index in [1.165, 1.54) is 37.2 Å². The smallest absolute Gasteiger partial charge is 0.275 e. The lowest BCUT2D eigenvalue weighted by atomic mass is 10.1. The Morgan fingerprint density at radius 1 is 1.15 bits per heavy atom. The molecule has 1 heterocycles. The van der Waals surface area contributed by atoms with E-state index < -0.39 is 17.6 Å². The number of nitrogens with one attached hydrogen (secondary N) is 1. The van der Waals surface area contributed by atoms with Gasteiger partial charge in [0.2, 0.25) is 5.91 Å². The number of carbonyl (C=O) groups is 2. The maximum atomic E-state index is 13.2. The summed E-state index contributed by atoms with van der Waals surface area (Å²) in [6.45, 7) is -0.256. The summed E-state index contributed by atoms with van der Waals surface area (Å²) in [7, 11) is 2.91. The molecule has 0 saturated carbocycles. The molecule has 0 saturated heterocycles. The molecular formula is C19H17FN4O3. The summed E-state index contributed by atoms with van der Waals surface area (Å²) in [5.74, 6) is -1.46. The third-order valence-corrected chi connectivity index (χ3v) is 3.99. The van der Waals surface area contributed by atoms with Crippen LogP contribution >= 0.6 is 0 Å². The van der Waals surface area contributed by atoms with E-state index in [2.05, 4.69) is 10.4 Å². The first-order valence-electron chi connectivity index (χ1n) is 8.14. The van der Waals surface area contributed by atoms with Crippen LogP contribution in [0.15, 0.2) is 53.3 Å². The molecule has 0 aliphatic carbocycles. The van der Waals surface area contributed by atoms with Gasteiger partial charge in [-0.2, -0.15) is 5.10 Å². The number of hydrogen-bond acceptors (Lipinski definition) is 4. The Morgan fingerprint density at radius 2 is 1.85 bits per heavy atom. The predicted octanol–water partition coefficient (Wildman–Crippen LogP) is 1.78. The van der Waals surface area contributed by atoms with Gasteiger partial charge in [0.1, 0.15) is 5.82 Å². The highest BCUT2D eigenvalue weighted by Crippen LogP contribution is 2.15. The summed E-state index contributed by atoms with van der Waals surface area (Å²) in [5.41, 5.74) is 0.0638. The fourth-order valence-electron chi connectivity index (χ4n) is 2.69. The zero-order chi connectivity index (χ0) is 19.6. The highest BCUT2D eigenvalue weighted by Gasteiger charge is 2.21. The number of anilines is 1. The van der Waals surface area contributed by atoms with Crippen molar-refractivity contribution in [1.29, 1.82) is 0 Å².